The third kappa shape index (κ3) is 3.53. The second-order valence-electron chi connectivity index (χ2n) is 5.20. The molecule has 1 aromatic rings. The molecule has 6 nitrogen and oxygen atoms in total. The van der Waals surface area contributed by atoms with Crippen molar-refractivity contribution in [1.29, 1.82) is 0 Å². The largest absolute Gasteiger partial charge is 0.476 e. The van der Waals surface area contributed by atoms with Gasteiger partial charge in [-0.1, -0.05) is 5.21 Å². The van der Waals surface area contributed by atoms with Crippen molar-refractivity contribution in [2.45, 2.75) is 39.3 Å². The average Bonchev–Trinajstić information content (AvgIpc) is 2.99. The van der Waals surface area contributed by atoms with E-state index >= 15 is 0 Å². The van der Waals surface area contributed by atoms with Crippen molar-refractivity contribution in [2.75, 3.05) is 13.1 Å². The fourth-order valence-corrected chi connectivity index (χ4v) is 1.93. The number of aromatic carboxylic acids is 1. The van der Waals surface area contributed by atoms with Gasteiger partial charge in [0, 0.05) is 19.1 Å². The Kier molecular flexibility index (Phi) is 3.96. The predicted octanol–water partition coefficient (Wildman–Crippen LogP) is 1.10. The van der Waals surface area contributed by atoms with E-state index in [4.69, 9.17) is 5.11 Å². The molecule has 2 rings (SSSR count). The van der Waals surface area contributed by atoms with Gasteiger partial charge in [-0.2, -0.15) is 0 Å². The van der Waals surface area contributed by atoms with E-state index in [9.17, 15) is 4.79 Å². The zero-order chi connectivity index (χ0) is 13.1. The van der Waals surface area contributed by atoms with Gasteiger partial charge in [0.15, 0.2) is 5.69 Å². The van der Waals surface area contributed by atoms with Gasteiger partial charge in [0.25, 0.3) is 0 Å². The highest BCUT2D eigenvalue weighted by Gasteiger charge is 2.25. The Morgan fingerprint density at radius 1 is 1.61 bits per heavy atom. The van der Waals surface area contributed by atoms with Crippen LogP contribution < -0.4 is 0 Å². The molecule has 1 heterocycles. The van der Waals surface area contributed by atoms with Crippen molar-refractivity contribution in [2.24, 2.45) is 5.92 Å². The Bertz CT molecular complexity index is 412. The molecule has 0 bridgehead atoms. The van der Waals surface area contributed by atoms with Crippen LogP contribution in [0.5, 0.6) is 0 Å². The second kappa shape index (κ2) is 5.48. The maximum atomic E-state index is 10.7. The zero-order valence-electron chi connectivity index (χ0n) is 10.9. The van der Waals surface area contributed by atoms with E-state index in [0.29, 0.717) is 12.6 Å². The molecular weight excluding hydrogens is 232 g/mol. The van der Waals surface area contributed by atoms with Crippen LogP contribution in [0, 0.1) is 5.92 Å². The number of rotatable bonds is 7. The summed E-state index contributed by atoms with van der Waals surface area (Å²) in [6.07, 6.45) is 4.17. The molecule has 0 unspecified atom stereocenters. The van der Waals surface area contributed by atoms with Crippen LogP contribution >= 0.6 is 0 Å². The van der Waals surface area contributed by atoms with E-state index < -0.39 is 5.97 Å². The minimum Gasteiger partial charge on any atom is -0.476 e. The van der Waals surface area contributed by atoms with Crippen molar-refractivity contribution in [3.05, 3.63) is 11.9 Å². The summed E-state index contributed by atoms with van der Waals surface area (Å²) in [6, 6.07) is 0.507. The molecule has 0 aromatic carbocycles. The number of carboxylic acid groups (broad SMARTS) is 1. The van der Waals surface area contributed by atoms with Crippen LogP contribution in [0.25, 0.3) is 0 Å². The normalized spacial score (nSPS) is 15.6. The van der Waals surface area contributed by atoms with Crippen LogP contribution in [0.3, 0.4) is 0 Å². The lowest BCUT2D eigenvalue weighted by Gasteiger charge is -2.26. The van der Waals surface area contributed by atoms with Gasteiger partial charge < -0.3 is 5.11 Å². The van der Waals surface area contributed by atoms with Gasteiger partial charge in [0.2, 0.25) is 0 Å². The first kappa shape index (κ1) is 13.0. The SMILES string of the molecule is CC(C)N(CCn1cc(C(=O)O)nn1)CC1CC1. The summed E-state index contributed by atoms with van der Waals surface area (Å²) in [6.45, 7) is 7.08. The van der Waals surface area contributed by atoms with E-state index in [1.807, 2.05) is 0 Å². The van der Waals surface area contributed by atoms with Crippen molar-refractivity contribution in [3.63, 3.8) is 0 Å². The second-order valence-corrected chi connectivity index (χ2v) is 5.20. The predicted molar refractivity (Wildman–Crippen MR) is 66.4 cm³/mol. The van der Waals surface area contributed by atoms with Gasteiger partial charge in [-0.05, 0) is 32.6 Å². The molecule has 1 fully saturated rings. The van der Waals surface area contributed by atoms with Crippen molar-refractivity contribution in [1.82, 2.24) is 19.9 Å². The van der Waals surface area contributed by atoms with Crippen molar-refractivity contribution in [3.8, 4) is 0 Å². The minimum absolute atomic E-state index is 0.00768. The summed E-state index contributed by atoms with van der Waals surface area (Å²) in [4.78, 5) is 13.1. The quantitative estimate of drug-likeness (QED) is 0.786. The molecule has 0 saturated heterocycles. The molecule has 1 N–H and O–H groups in total. The first-order valence-electron chi connectivity index (χ1n) is 6.43. The fraction of sp³-hybridized carbons (Fsp3) is 0.750. The van der Waals surface area contributed by atoms with Gasteiger partial charge in [-0.3, -0.25) is 9.58 Å². The molecule has 1 saturated carbocycles. The molecule has 0 amide bonds. The highest BCUT2D eigenvalue weighted by molar-refractivity contribution is 5.84. The first-order chi connectivity index (χ1) is 8.56. The third-order valence-corrected chi connectivity index (χ3v) is 3.29. The minimum atomic E-state index is -1.03. The zero-order valence-corrected chi connectivity index (χ0v) is 10.9. The van der Waals surface area contributed by atoms with Crippen LogP contribution in [-0.2, 0) is 6.54 Å². The molecular formula is C12H20N4O2. The maximum absolute atomic E-state index is 10.7. The molecule has 1 aliphatic rings. The third-order valence-electron chi connectivity index (χ3n) is 3.29. The van der Waals surface area contributed by atoms with Gasteiger partial charge in [-0.15, -0.1) is 5.10 Å². The number of hydrogen-bond donors (Lipinski definition) is 1. The molecule has 6 heteroatoms. The summed E-state index contributed by atoms with van der Waals surface area (Å²) in [7, 11) is 0. The summed E-state index contributed by atoms with van der Waals surface area (Å²) in [5.41, 5.74) is 0.00768. The summed E-state index contributed by atoms with van der Waals surface area (Å²) < 4.78 is 1.60. The molecule has 0 spiro atoms. The molecule has 0 aliphatic heterocycles. The van der Waals surface area contributed by atoms with Crippen LogP contribution in [0.1, 0.15) is 37.2 Å². The average molecular weight is 252 g/mol. The van der Waals surface area contributed by atoms with Gasteiger partial charge >= 0.3 is 5.97 Å². The summed E-state index contributed by atoms with van der Waals surface area (Å²) in [5, 5.41) is 16.2. The molecule has 1 aliphatic carbocycles. The lowest BCUT2D eigenvalue weighted by Crippen LogP contribution is -2.35. The van der Waals surface area contributed by atoms with E-state index in [-0.39, 0.29) is 5.69 Å². The van der Waals surface area contributed by atoms with E-state index in [1.54, 1.807) is 4.68 Å². The highest BCUT2D eigenvalue weighted by atomic mass is 16.4. The van der Waals surface area contributed by atoms with Gasteiger partial charge in [-0.25, -0.2) is 4.79 Å². The Hall–Kier alpha value is -1.43. The first-order valence-corrected chi connectivity index (χ1v) is 6.43. The lowest BCUT2D eigenvalue weighted by atomic mass is 10.2. The Labute approximate surface area is 107 Å². The molecule has 0 radical (unpaired) electrons. The number of nitrogens with zero attached hydrogens (tertiary/aromatic N) is 4. The Morgan fingerprint density at radius 3 is 2.83 bits per heavy atom. The van der Waals surface area contributed by atoms with Crippen LogP contribution in [0.2, 0.25) is 0 Å². The van der Waals surface area contributed by atoms with Gasteiger partial charge in [0.1, 0.15) is 0 Å². The van der Waals surface area contributed by atoms with E-state index in [2.05, 4.69) is 29.1 Å². The standard InChI is InChI=1S/C12H20N4O2/c1-9(2)15(7-10-3-4-10)5-6-16-8-11(12(17)18)13-14-16/h8-10H,3-7H2,1-2H3,(H,17,18). The molecule has 0 atom stereocenters. The topological polar surface area (TPSA) is 71.2 Å². The van der Waals surface area contributed by atoms with E-state index in [0.717, 1.165) is 19.0 Å². The number of carboxylic acids is 1. The van der Waals surface area contributed by atoms with Crippen LogP contribution in [0.4, 0.5) is 0 Å². The number of hydrogen-bond acceptors (Lipinski definition) is 4. The maximum Gasteiger partial charge on any atom is 0.358 e. The van der Waals surface area contributed by atoms with Crippen LogP contribution in [-0.4, -0.2) is 50.1 Å². The smallest absolute Gasteiger partial charge is 0.358 e. The lowest BCUT2D eigenvalue weighted by molar-refractivity contribution is 0.0690. The number of aromatic nitrogens is 3. The monoisotopic (exact) mass is 252 g/mol. The summed E-state index contributed by atoms with van der Waals surface area (Å²) >= 11 is 0. The summed E-state index contributed by atoms with van der Waals surface area (Å²) in [5.74, 6) is -0.169. The van der Waals surface area contributed by atoms with E-state index in [1.165, 1.54) is 19.0 Å². The van der Waals surface area contributed by atoms with Crippen molar-refractivity contribution < 1.29 is 9.90 Å². The Balaban J connectivity index is 1.85. The van der Waals surface area contributed by atoms with Gasteiger partial charge in [0.05, 0.1) is 12.7 Å². The highest BCUT2D eigenvalue weighted by Crippen LogP contribution is 2.30. The van der Waals surface area contributed by atoms with Crippen LogP contribution in [0.15, 0.2) is 6.20 Å². The molecule has 100 valence electrons. The fourth-order valence-electron chi connectivity index (χ4n) is 1.93. The molecule has 18 heavy (non-hydrogen) atoms. The Morgan fingerprint density at radius 2 is 2.33 bits per heavy atom. The number of carbonyl (C=O) groups is 1. The molecule has 1 aromatic heterocycles. The van der Waals surface area contributed by atoms with Crippen molar-refractivity contribution >= 4 is 5.97 Å².